The Kier molecular flexibility index (Phi) is 11.3. The molecule has 0 amide bonds. The summed E-state index contributed by atoms with van der Waals surface area (Å²) >= 11 is 0. The van der Waals surface area contributed by atoms with E-state index >= 15 is 0 Å². The lowest BCUT2D eigenvalue weighted by molar-refractivity contribution is 0.215. The van der Waals surface area contributed by atoms with E-state index in [9.17, 15) is 8.42 Å². The fourth-order valence-corrected chi connectivity index (χ4v) is 3.81. The van der Waals surface area contributed by atoms with Gasteiger partial charge in [0.1, 0.15) is 25.2 Å². The molecule has 0 bridgehead atoms. The molecule has 0 N–H and O–H groups in total. The molecule has 0 unspecified atom stereocenters. The van der Waals surface area contributed by atoms with Crippen molar-refractivity contribution in [3.05, 3.63) is 35.4 Å². The molecule has 0 radical (unpaired) electrons. The Bertz CT molecular complexity index is 718. The van der Waals surface area contributed by atoms with Gasteiger partial charge in [0.2, 0.25) is 0 Å². The molecule has 1 rings (SSSR count). The van der Waals surface area contributed by atoms with Gasteiger partial charge in [0, 0.05) is 0 Å². The molecule has 7 heteroatoms. The van der Waals surface area contributed by atoms with Crippen molar-refractivity contribution >= 4 is 16.1 Å². The fraction of sp³-hybridized carbons (Fsp3) is 0.571. The minimum atomic E-state index is -3.09. The van der Waals surface area contributed by atoms with Gasteiger partial charge in [-0.3, -0.25) is 0 Å². The summed E-state index contributed by atoms with van der Waals surface area (Å²) in [6.07, 6.45) is 8.55. The zero-order valence-electron chi connectivity index (χ0n) is 17.4. The van der Waals surface area contributed by atoms with Crippen LogP contribution in [0.15, 0.2) is 29.4 Å². The Labute approximate surface area is 169 Å². The van der Waals surface area contributed by atoms with Crippen molar-refractivity contribution in [1.29, 1.82) is 0 Å². The topological polar surface area (TPSA) is 74.2 Å². The number of oxime groups is 1. The molecule has 0 aliphatic carbocycles. The molecule has 0 saturated carbocycles. The summed E-state index contributed by atoms with van der Waals surface area (Å²) in [5, 5.41) is 3.46. The van der Waals surface area contributed by atoms with Gasteiger partial charge in [0.25, 0.3) is 0 Å². The molecule has 0 fully saturated rings. The number of hydrogen-bond acceptors (Lipinski definition) is 6. The lowest BCUT2D eigenvalue weighted by Gasteiger charge is -2.14. The molecule has 0 saturated heterocycles. The van der Waals surface area contributed by atoms with E-state index in [0.717, 1.165) is 41.9 Å². The van der Waals surface area contributed by atoms with E-state index in [-0.39, 0.29) is 11.5 Å². The quantitative estimate of drug-likeness (QED) is 0.198. The van der Waals surface area contributed by atoms with Crippen molar-refractivity contribution in [2.24, 2.45) is 5.16 Å². The van der Waals surface area contributed by atoms with E-state index in [1.807, 2.05) is 45.1 Å². The van der Waals surface area contributed by atoms with Crippen LogP contribution in [0.3, 0.4) is 0 Å². The molecule has 0 aliphatic rings. The molecular weight excluding hydrogens is 378 g/mol. The summed E-state index contributed by atoms with van der Waals surface area (Å²) in [5.74, 6) is 1.85. The van der Waals surface area contributed by atoms with Gasteiger partial charge in [0.05, 0.1) is 24.3 Å². The van der Waals surface area contributed by atoms with Gasteiger partial charge in [-0.2, -0.15) is 0 Å². The van der Waals surface area contributed by atoms with Crippen LogP contribution in [0.25, 0.3) is 0 Å². The molecule has 0 atom stereocenters. The molecule has 158 valence electrons. The highest BCUT2D eigenvalue weighted by Crippen LogP contribution is 2.28. The first-order valence-electron chi connectivity index (χ1n) is 9.63. The van der Waals surface area contributed by atoms with E-state index in [4.69, 9.17) is 9.47 Å². The molecule has 0 aliphatic heterocycles. The van der Waals surface area contributed by atoms with Gasteiger partial charge in [-0.1, -0.05) is 30.1 Å². The van der Waals surface area contributed by atoms with Gasteiger partial charge >= 0.3 is 0 Å². The molecule has 0 heterocycles. The van der Waals surface area contributed by atoms with Crippen LogP contribution in [0, 0.1) is 13.8 Å². The van der Waals surface area contributed by atoms with E-state index in [1.54, 1.807) is 0 Å². The maximum absolute atomic E-state index is 11.8. The Hall–Kier alpha value is -2.02. The standard InChI is InChI=1S/C21H33NO5S/c1-5-6-12-26-20-16-18(2)21(19(3)17-20)27-13-9-7-8-10-14-28(23,24)15-11-22-25-4/h5-6,11,16-17H,7-10,12-15H2,1-4H3/b6-5+,22-11+. The van der Waals surface area contributed by atoms with Crippen molar-refractivity contribution in [3.63, 3.8) is 0 Å². The SMILES string of the molecule is C/C=C/COc1cc(C)c(OCCCCCCS(=O)(=O)C/C=N/OC)c(C)c1. The fourth-order valence-electron chi connectivity index (χ4n) is 2.72. The third kappa shape index (κ3) is 9.78. The van der Waals surface area contributed by atoms with Gasteiger partial charge < -0.3 is 14.3 Å². The van der Waals surface area contributed by atoms with Crippen LogP contribution in [0.4, 0.5) is 0 Å². The maximum atomic E-state index is 11.8. The molecule has 1 aromatic rings. The number of benzene rings is 1. The van der Waals surface area contributed by atoms with Crippen molar-refractivity contribution in [3.8, 4) is 11.5 Å². The van der Waals surface area contributed by atoms with Crippen LogP contribution in [-0.2, 0) is 14.7 Å². The van der Waals surface area contributed by atoms with Crippen LogP contribution >= 0.6 is 0 Å². The normalized spacial score (nSPS) is 12.0. The Morgan fingerprint density at radius 3 is 2.36 bits per heavy atom. The number of unbranched alkanes of at least 4 members (excludes halogenated alkanes) is 3. The van der Waals surface area contributed by atoms with Crippen molar-refractivity contribution in [2.75, 3.05) is 31.8 Å². The lowest BCUT2D eigenvalue weighted by atomic mass is 10.1. The third-order valence-corrected chi connectivity index (χ3v) is 5.69. The number of nitrogens with zero attached hydrogens (tertiary/aromatic N) is 1. The van der Waals surface area contributed by atoms with E-state index in [1.165, 1.54) is 13.3 Å². The number of sulfone groups is 1. The van der Waals surface area contributed by atoms with Gasteiger partial charge in [-0.15, -0.1) is 0 Å². The number of ether oxygens (including phenoxy) is 2. The predicted octanol–water partition coefficient (Wildman–Crippen LogP) is 4.24. The number of allylic oxidation sites excluding steroid dienone is 1. The van der Waals surface area contributed by atoms with Crippen LogP contribution < -0.4 is 9.47 Å². The Morgan fingerprint density at radius 2 is 1.71 bits per heavy atom. The summed E-state index contributed by atoms with van der Waals surface area (Å²) in [7, 11) is -1.70. The number of aryl methyl sites for hydroxylation is 2. The van der Waals surface area contributed by atoms with Gasteiger partial charge in [-0.05, 0) is 56.9 Å². The second-order valence-electron chi connectivity index (χ2n) is 6.61. The third-order valence-electron chi connectivity index (χ3n) is 4.12. The minimum absolute atomic E-state index is 0.0725. The summed E-state index contributed by atoms with van der Waals surface area (Å²) in [6.45, 7) is 7.18. The van der Waals surface area contributed by atoms with Crippen LogP contribution in [0.1, 0.15) is 43.7 Å². The monoisotopic (exact) mass is 411 g/mol. The largest absolute Gasteiger partial charge is 0.493 e. The first-order chi connectivity index (χ1) is 13.4. The predicted molar refractivity (Wildman–Crippen MR) is 114 cm³/mol. The number of hydrogen-bond donors (Lipinski definition) is 0. The first-order valence-corrected chi connectivity index (χ1v) is 11.4. The molecule has 28 heavy (non-hydrogen) atoms. The smallest absolute Gasteiger partial charge is 0.155 e. The molecule has 0 spiro atoms. The van der Waals surface area contributed by atoms with E-state index in [2.05, 4.69) is 9.99 Å². The zero-order valence-corrected chi connectivity index (χ0v) is 18.3. The highest BCUT2D eigenvalue weighted by atomic mass is 32.2. The van der Waals surface area contributed by atoms with E-state index in [0.29, 0.717) is 19.6 Å². The Balaban J connectivity index is 2.30. The van der Waals surface area contributed by atoms with Crippen LogP contribution in [-0.4, -0.2) is 46.5 Å². The van der Waals surface area contributed by atoms with Crippen molar-refractivity contribution in [1.82, 2.24) is 0 Å². The molecule has 6 nitrogen and oxygen atoms in total. The second-order valence-corrected chi connectivity index (χ2v) is 8.84. The molecular formula is C21H33NO5S. The molecule has 0 aromatic heterocycles. The summed E-state index contributed by atoms with van der Waals surface area (Å²) in [5.41, 5.74) is 2.11. The average Bonchev–Trinajstić information content (AvgIpc) is 2.63. The van der Waals surface area contributed by atoms with Gasteiger partial charge in [-0.25, -0.2) is 8.42 Å². The second kappa shape index (κ2) is 13.2. The highest BCUT2D eigenvalue weighted by molar-refractivity contribution is 7.92. The minimum Gasteiger partial charge on any atom is -0.493 e. The highest BCUT2D eigenvalue weighted by Gasteiger charge is 2.09. The van der Waals surface area contributed by atoms with Crippen LogP contribution in [0.5, 0.6) is 11.5 Å². The summed E-state index contributed by atoms with van der Waals surface area (Å²) < 4.78 is 35.2. The summed E-state index contributed by atoms with van der Waals surface area (Å²) in [6, 6.07) is 3.98. The van der Waals surface area contributed by atoms with Crippen LogP contribution in [0.2, 0.25) is 0 Å². The van der Waals surface area contributed by atoms with Gasteiger partial charge in [0.15, 0.2) is 9.84 Å². The number of rotatable bonds is 14. The van der Waals surface area contributed by atoms with E-state index < -0.39 is 9.84 Å². The first kappa shape index (κ1) is 24.0. The average molecular weight is 412 g/mol. The Morgan fingerprint density at radius 1 is 1.04 bits per heavy atom. The zero-order chi connectivity index (χ0) is 20.8. The maximum Gasteiger partial charge on any atom is 0.155 e. The van der Waals surface area contributed by atoms with Crippen molar-refractivity contribution < 1.29 is 22.7 Å². The molecule has 1 aromatic carbocycles. The van der Waals surface area contributed by atoms with Crippen molar-refractivity contribution in [2.45, 2.75) is 46.5 Å². The lowest BCUT2D eigenvalue weighted by Crippen LogP contribution is -2.12. The summed E-state index contributed by atoms with van der Waals surface area (Å²) in [4.78, 5) is 4.47.